The molecule has 2 atom stereocenters. The summed E-state index contributed by atoms with van der Waals surface area (Å²) in [4.78, 5) is 41.3. The van der Waals surface area contributed by atoms with Crippen molar-refractivity contribution in [2.75, 3.05) is 6.54 Å². The number of amides is 2. The third-order valence-electron chi connectivity index (χ3n) is 3.77. The van der Waals surface area contributed by atoms with Gasteiger partial charge in [-0.1, -0.05) is 6.07 Å². The van der Waals surface area contributed by atoms with Crippen LogP contribution in [0.4, 0.5) is 4.79 Å². The van der Waals surface area contributed by atoms with Gasteiger partial charge in [0.15, 0.2) is 0 Å². The number of rotatable bonds is 4. The topological polar surface area (TPSA) is 109 Å². The van der Waals surface area contributed by atoms with E-state index in [-0.39, 0.29) is 6.54 Å². The number of nitrogens with one attached hydrogen (secondary N) is 1. The Bertz CT molecular complexity index is 641. The summed E-state index contributed by atoms with van der Waals surface area (Å²) in [5.74, 6) is -1.55. The zero-order valence-corrected chi connectivity index (χ0v) is 14.6. The van der Waals surface area contributed by atoms with Crippen molar-refractivity contribution in [3.63, 3.8) is 0 Å². The van der Waals surface area contributed by atoms with Gasteiger partial charge in [-0.25, -0.2) is 9.59 Å². The number of nitrogens with zero attached hydrogens (tertiary/aromatic N) is 2. The predicted octanol–water partition coefficient (Wildman–Crippen LogP) is 1.72. The average Bonchev–Trinajstić information content (AvgIpc) is 2.97. The maximum absolute atomic E-state index is 12.6. The molecule has 0 radical (unpaired) electrons. The second kappa shape index (κ2) is 7.50. The van der Waals surface area contributed by atoms with Crippen molar-refractivity contribution in [1.82, 2.24) is 15.2 Å². The second-order valence-electron chi connectivity index (χ2n) is 6.86. The number of carboxylic acid groups (broad SMARTS) is 1. The number of aromatic nitrogens is 1. The molecule has 2 heterocycles. The van der Waals surface area contributed by atoms with Gasteiger partial charge in [-0.05, 0) is 45.7 Å². The van der Waals surface area contributed by atoms with Gasteiger partial charge in [0.05, 0.1) is 11.7 Å². The van der Waals surface area contributed by atoms with E-state index in [0.717, 1.165) is 0 Å². The van der Waals surface area contributed by atoms with E-state index in [1.54, 1.807) is 45.2 Å². The van der Waals surface area contributed by atoms with Crippen molar-refractivity contribution >= 4 is 18.0 Å². The fourth-order valence-electron chi connectivity index (χ4n) is 2.82. The summed E-state index contributed by atoms with van der Waals surface area (Å²) in [6.45, 7) is 4.81. The Morgan fingerprint density at radius 2 is 2.04 bits per heavy atom. The highest BCUT2D eigenvalue weighted by Crippen LogP contribution is 2.35. The third-order valence-corrected chi connectivity index (χ3v) is 3.77. The molecule has 2 rings (SSSR count). The molecule has 1 aromatic heterocycles. The Hall–Kier alpha value is -2.64. The summed E-state index contributed by atoms with van der Waals surface area (Å²) >= 11 is 0. The lowest BCUT2D eigenvalue weighted by molar-refractivity contribution is -0.149. The van der Waals surface area contributed by atoms with E-state index in [1.165, 1.54) is 4.90 Å². The van der Waals surface area contributed by atoms with Crippen LogP contribution in [0.3, 0.4) is 0 Å². The summed E-state index contributed by atoms with van der Waals surface area (Å²) in [5.41, 5.74) is -0.0437. The average molecular weight is 349 g/mol. The molecule has 1 saturated heterocycles. The van der Waals surface area contributed by atoms with Crippen LogP contribution in [0.15, 0.2) is 24.4 Å². The van der Waals surface area contributed by atoms with Crippen LogP contribution < -0.4 is 5.32 Å². The molecule has 2 amide bonds. The highest BCUT2D eigenvalue weighted by atomic mass is 16.6. The monoisotopic (exact) mass is 349 g/mol. The van der Waals surface area contributed by atoms with Crippen LogP contribution in [-0.2, 0) is 14.3 Å². The van der Waals surface area contributed by atoms with Crippen LogP contribution in [-0.4, -0.2) is 51.1 Å². The number of carbonyl (C=O) groups is 3. The van der Waals surface area contributed by atoms with Gasteiger partial charge in [0, 0.05) is 6.20 Å². The smallest absolute Gasteiger partial charge is 0.408 e. The highest BCUT2D eigenvalue weighted by Gasteiger charge is 2.42. The van der Waals surface area contributed by atoms with Gasteiger partial charge >= 0.3 is 12.1 Å². The minimum atomic E-state index is -1.07. The maximum Gasteiger partial charge on any atom is 0.408 e. The van der Waals surface area contributed by atoms with E-state index in [1.807, 2.05) is 0 Å². The number of hydrogen-bond donors (Lipinski definition) is 2. The highest BCUT2D eigenvalue weighted by molar-refractivity contribution is 5.87. The minimum absolute atomic E-state index is 0.331. The van der Waals surface area contributed by atoms with Crippen molar-refractivity contribution in [3.05, 3.63) is 30.1 Å². The first-order valence-corrected chi connectivity index (χ1v) is 8.11. The van der Waals surface area contributed by atoms with E-state index in [9.17, 15) is 19.5 Å². The largest absolute Gasteiger partial charge is 0.480 e. The fraction of sp³-hybridized carbons (Fsp3) is 0.529. The fourth-order valence-corrected chi connectivity index (χ4v) is 2.82. The Labute approximate surface area is 146 Å². The summed E-state index contributed by atoms with van der Waals surface area (Å²) < 4.78 is 5.09. The quantitative estimate of drug-likeness (QED) is 0.857. The van der Waals surface area contributed by atoms with E-state index in [2.05, 4.69) is 10.3 Å². The Morgan fingerprint density at radius 1 is 1.32 bits per heavy atom. The number of ether oxygens (including phenoxy) is 1. The SMILES string of the molecule is CC(C)(C)OC(=O)NCC(=O)N1C(c2ccccn2)CC[C@H]1C(=O)O. The number of carbonyl (C=O) groups excluding carboxylic acids is 2. The van der Waals surface area contributed by atoms with E-state index in [0.29, 0.717) is 18.5 Å². The van der Waals surface area contributed by atoms with Crippen LogP contribution in [0.1, 0.15) is 45.3 Å². The van der Waals surface area contributed by atoms with Crippen LogP contribution in [0, 0.1) is 0 Å². The van der Waals surface area contributed by atoms with Gasteiger partial charge in [0.1, 0.15) is 18.2 Å². The number of pyridine rings is 1. The minimum Gasteiger partial charge on any atom is -0.480 e. The number of aliphatic carboxylic acids is 1. The van der Waals surface area contributed by atoms with Crippen molar-refractivity contribution < 1.29 is 24.2 Å². The van der Waals surface area contributed by atoms with Gasteiger partial charge in [-0.2, -0.15) is 0 Å². The Morgan fingerprint density at radius 3 is 2.60 bits per heavy atom. The molecule has 1 fully saturated rings. The van der Waals surface area contributed by atoms with Crippen LogP contribution in [0.25, 0.3) is 0 Å². The molecule has 0 bridgehead atoms. The summed E-state index contributed by atoms with van der Waals surface area (Å²) in [6.07, 6.45) is 1.73. The van der Waals surface area contributed by atoms with Crippen molar-refractivity contribution in [1.29, 1.82) is 0 Å². The lowest BCUT2D eigenvalue weighted by Gasteiger charge is -2.28. The van der Waals surface area contributed by atoms with E-state index >= 15 is 0 Å². The first-order chi connectivity index (χ1) is 11.7. The molecule has 1 aliphatic heterocycles. The van der Waals surface area contributed by atoms with Crippen molar-refractivity contribution in [2.45, 2.75) is 51.3 Å². The van der Waals surface area contributed by atoms with Gasteiger partial charge in [-0.3, -0.25) is 9.78 Å². The van der Waals surface area contributed by atoms with Gasteiger partial charge in [0.2, 0.25) is 5.91 Å². The molecule has 1 aromatic rings. The molecule has 8 heteroatoms. The lowest BCUT2D eigenvalue weighted by Crippen LogP contribution is -2.47. The second-order valence-corrected chi connectivity index (χ2v) is 6.86. The van der Waals surface area contributed by atoms with Crippen LogP contribution in [0.5, 0.6) is 0 Å². The first-order valence-electron chi connectivity index (χ1n) is 8.11. The lowest BCUT2D eigenvalue weighted by atomic mass is 10.1. The molecule has 0 aromatic carbocycles. The van der Waals surface area contributed by atoms with Gasteiger partial charge in [0.25, 0.3) is 0 Å². The molecule has 1 unspecified atom stereocenters. The molecule has 0 spiro atoms. The van der Waals surface area contributed by atoms with Crippen molar-refractivity contribution in [3.8, 4) is 0 Å². The molecule has 8 nitrogen and oxygen atoms in total. The van der Waals surface area contributed by atoms with Gasteiger partial charge < -0.3 is 20.1 Å². The summed E-state index contributed by atoms with van der Waals surface area (Å²) in [7, 11) is 0. The number of likely N-dealkylation sites (tertiary alicyclic amines) is 1. The Kier molecular flexibility index (Phi) is 5.61. The molecule has 0 aliphatic carbocycles. The number of hydrogen-bond acceptors (Lipinski definition) is 5. The zero-order chi connectivity index (χ0) is 18.6. The van der Waals surface area contributed by atoms with Gasteiger partial charge in [-0.15, -0.1) is 0 Å². The zero-order valence-electron chi connectivity index (χ0n) is 14.6. The molecule has 1 aliphatic rings. The Balaban J connectivity index is 2.09. The van der Waals surface area contributed by atoms with E-state index < -0.39 is 35.7 Å². The molecular formula is C17H23N3O5. The summed E-state index contributed by atoms with van der Waals surface area (Å²) in [5, 5.41) is 11.8. The maximum atomic E-state index is 12.6. The number of alkyl carbamates (subject to hydrolysis) is 1. The van der Waals surface area contributed by atoms with Crippen LogP contribution >= 0.6 is 0 Å². The standard InChI is InChI=1S/C17H23N3O5/c1-17(2,3)25-16(24)19-10-14(21)20-12(7-8-13(20)15(22)23)11-6-4-5-9-18-11/h4-6,9,12-13H,7-8,10H2,1-3H3,(H,19,24)(H,22,23)/t12?,13-/m0/s1. The van der Waals surface area contributed by atoms with Crippen molar-refractivity contribution in [2.24, 2.45) is 0 Å². The molecular weight excluding hydrogens is 326 g/mol. The molecule has 0 saturated carbocycles. The number of carboxylic acids is 1. The predicted molar refractivity (Wildman–Crippen MR) is 88.7 cm³/mol. The molecule has 2 N–H and O–H groups in total. The normalized spacial score (nSPS) is 20.2. The molecule has 25 heavy (non-hydrogen) atoms. The van der Waals surface area contributed by atoms with Crippen LogP contribution in [0.2, 0.25) is 0 Å². The summed E-state index contributed by atoms with van der Waals surface area (Å²) in [6, 6.07) is 3.95. The first kappa shape index (κ1) is 18.7. The third kappa shape index (κ3) is 4.91. The molecule has 136 valence electrons. The van der Waals surface area contributed by atoms with E-state index in [4.69, 9.17) is 4.74 Å².